The Morgan fingerprint density at radius 1 is 1.24 bits per heavy atom. The molecule has 21 heavy (non-hydrogen) atoms. The van der Waals surface area contributed by atoms with E-state index in [0.717, 1.165) is 43.5 Å². The van der Waals surface area contributed by atoms with Gasteiger partial charge < -0.3 is 14.8 Å². The van der Waals surface area contributed by atoms with Crippen molar-refractivity contribution in [2.45, 2.75) is 51.4 Å². The van der Waals surface area contributed by atoms with Crippen molar-refractivity contribution in [1.29, 1.82) is 0 Å². The van der Waals surface area contributed by atoms with Gasteiger partial charge in [0.25, 0.3) is 0 Å². The van der Waals surface area contributed by atoms with Gasteiger partial charge in [-0.25, -0.2) is 0 Å². The number of halogens is 2. The number of hydrogen-bond acceptors (Lipinski definition) is 3. The fourth-order valence-corrected chi connectivity index (χ4v) is 3.31. The molecule has 1 saturated carbocycles. The number of benzene rings is 1. The van der Waals surface area contributed by atoms with Gasteiger partial charge in [0.05, 0.1) is 11.1 Å². The molecule has 1 N–H and O–H groups in total. The summed E-state index contributed by atoms with van der Waals surface area (Å²) in [6.07, 6.45) is 4.62. The molecule has 118 valence electrons. The Bertz CT molecular complexity index is 468. The SMILES string of the molecule is CCNCc1cc(Cl)cc(Cl)c1OC1CCCC(OC)C1. The molecule has 2 atom stereocenters. The Morgan fingerprint density at radius 2 is 2.00 bits per heavy atom. The molecule has 0 aliphatic heterocycles. The van der Waals surface area contributed by atoms with Crippen LogP contribution in [0.15, 0.2) is 12.1 Å². The van der Waals surface area contributed by atoms with Crippen LogP contribution >= 0.6 is 23.2 Å². The van der Waals surface area contributed by atoms with Crippen LogP contribution in [0.25, 0.3) is 0 Å². The topological polar surface area (TPSA) is 30.5 Å². The van der Waals surface area contributed by atoms with Gasteiger partial charge in [-0.1, -0.05) is 30.1 Å². The zero-order valence-corrected chi connectivity index (χ0v) is 14.1. The van der Waals surface area contributed by atoms with E-state index in [9.17, 15) is 0 Å². The molecule has 0 heterocycles. The van der Waals surface area contributed by atoms with Crippen LogP contribution in [-0.2, 0) is 11.3 Å². The fourth-order valence-electron chi connectivity index (χ4n) is 2.73. The molecule has 2 unspecified atom stereocenters. The second-order valence-electron chi connectivity index (χ2n) is 5.42. The lowest BCUT2D eigenvalue weighted by Gasteiger charge is -2.29. The first-order valence-electron chi connectivity index (χ1n) is 7.52. The molecule has 0 saturated heterocycles. The van der Waals surface area contributed by atoms with Crippen LogP contribution in [0.2, 0.25) is 10.0 Å². The van der Waals surface area contributed by atoms with E-state index in [0.29, 0.717) is 16.6 Å². The lowest BCUT2D eigenvalue weighted by atomic mass is 9.95. The number of rotatable bonds is 6. The molecule has 2 rings (SSSR count). The third-order valence-electron chi connectivity index (χ3n) is 3.85. The quantitative estimate of drug-likeness (QED) is 0.835. The van der Waals surface area contributed by atoms with Crippen LogP contribution in [0.5, 0.6) is 5.75 Å². The van der Waals surface area contributed by atoms with Crippen LogP contribution in [0.3, 0.4) is 0 Å². The maximum Gasteiger partial charge on any atom is 0.142 e. The van der Waals surface area contributed by atoms with E-state index in [4.69, 9.17) is 32.7 Å². The lowest BCUT2D eigenvalue weighted by Crippen LogP contribution is -2.30. The summed E-state index contributed by atoms with van der Waals surface area (Å²) in [7, 11) is 1.76. The molecule has 1 aliphatic rings. The molecule has 1 fully saturated rings. The number of ether oxygens (including phenoxy) is 2. The van der Waals surface area contributed by atoms with Gasteiger partial charge in [-0.3, -0.25) is 0 Å². The minimum absolute atomic E-state index is 0.155. The summed E-state index contributed by atoms with van der Waals surface area (Å²) in [5.41, 5.74) is 1.01. The maximum absolute atomic E-state index is 6.33. The van der Waals surface area contributed by atoms with E-state index >= 15 is 0 Å². The van der Waals surface area contributed by atoms with Crippen molar-refractivity contribution in [3.05, 3.63) is 27.7 Å². The molecular weight excluding hydrogens is 309 g/mol. The highest BCUT2D eigenvalue weighted by Gasteiger charge is 2.24. The summed E-state index contributed by atoms with van der Waals surface area (Å²) in [6, 6.07) is 3.66. The van der Waals surface area contributed by atoms with Gasteiger partial charge in [-0.15, -0.1) is 0 Å². The smallest absolute Gasteiger partial charge is 0.142 e. The summed E-state index contributed by atoms with van der Waals surface area (Å²) in [5.74, 6) is 0.753. The first kappa shape index (κ1) is 16.9. The van der Waals surface area contributed by atoms with Crippen molar-refractivity contribution in [1.82, 2.24) is 5.32 Å². The summed E-state index contributed by atoms with van der Waals surface area (Å²) in [6.45, 7) is 3.66. The van der Waals surface area contributed by atoms with E-state index in [-0.39, 0.29) is 12.2 Å². The largest absolute Gasteiger partial charge is 0.488 e. The molecule has 0 amide bonds. The van der Waals surface area contributed by atoms with E-state index in [2.05, 4.69) is 12.2 Å². The van der Waals surface area contributed by atoms with Gasteiger partial charge in [0.1, 0.15) is 11.9 Å². The lowest BCUT2D eigenvalue weighted by molar-refractivity contribution is 0.0207. The van der Waals surface area contributed by atoms with E-state index in [1.165, 1.54) is 0 Å². The predicted octanol–water partition coefficient (Wildman–Crippen LogP) is 4.44. The molecule has 0 radical (unpaired) electrons. The minimum Gasteiger partial charge on any atom is -0.488 e. The second kappa shape index (κ2) is 8.23. The number of hydrogen-bond donors (Lipinski definition) is 1. The van der Waals surface area contributed by atoms with Gasteiger partial charge in [-0.2, -0.15) is 0 Å². The summed E-state index contributed by atoms with van der Waals surface area (Å²) in [4.78, 5) is 0. The summed E-state index contributed by atoms with van der Waals surface area (Å²) in [5, 5.41) is 4.51. The van der Waals surface area contributed by atoms with Crippen molar-refractivity contribution < 1.29 is 9.47 Å². The zero-order valence-electron chi connectivity index (χ0n) is 12.6. The normalized spacial score (nSPS) is 22.3. The maximum atomic E-state index is 6.33. The van der Waals surface area contributed by atoms with Gasteiger partial charge in [-0.05, 0) is 37.9 Å². The Labute approximate surface area is 136 Å². The van der Waals surface area contributed by atoms with Crippen molar-refractivity contribution in [2.24, 2.45) is 0 Å². The van der Waals surface area contributed by atoms with E-state index in [1.807, 2.05) is 6.07 Å². The standard InChI is InChI=1S/C16H23Cl2NO2/c1-3-19-10-11-7-12(17)8-15(18)16(11)21-14-6-4-5-13(9-14)20-2/h7-8,13-14,19H,3-6,9-10H2,1-2H3. The predicted molar refractivity (Wildman–Crippen MR) is 87.5 cm³/mol. The van der Waals surface area contributed by atoms with E-state index < -0.39 is 0 Å². The first-order chi connectivity index (χ1) is 10.1. The van der Waals surface area contributed by atoms with Crippen LogP contribution in [0.1, 0.15) is 38.2 Å². The van der Waals surface area contributed by atoms with Crippen molar-refractivity contribution in [3.63, 3.8) is 0 Å². The van der Waals surface area contributed by atoms with Gasteiger partial charge in [0.15, 0.2) is 0 Å². The average molecular weight is 332 g/mol. The van der Waals surface area contributed by atoms with E-state index in [1.54, 1.807) is 13.2 Å². The van der Waals surface area contributed by atoms with Crippen LogP contribution in [0, 0.1) is 0 Å². The molecule has 1 aromatic rings. The van der Waals surface area contributed by atoms with Gasteiger partial charge in [0.2, 0.25) is 0 Å². The Hall–Kier alpha value is -0.480. The van der Waals surface area contributed by atoms with Crippen molar-refractivity contribution in [3.8, 4) is 5.75 Å². The molecular formula is C16H23Cl2NO2. The number of nitrogens with one attached hydrogen (secondary N) is 1. The highest BCUT2D eigenvalue weighted by molar-refractivity contribution is 6.35. The summed E-state index contributed by atoms with van der Waals surface area (Å²) < 4.78 is 11.6. The monoisotopic (exact) mass is 331 g/mol. The molecule has 0 bridgehead atoms. The van der Waals surface area contributed by atoms with Crippen molar-refractivity contribution in [2.75, 3.05) is 13.7 Å². The highest BCUT2D eigenvalue weighted by atomic mass is 35.5. The Morgan fingerprint density at radius 3 is 2.71 bits per heavy atom. The molecule has 3 nitrogen and oxygen atoms in total. The first-order valence-corrected chi connectivity index (χ1v) is 8.27. The Kier molecular flexibility index (Phi) is 6.62. The van der Waals surface area contributed by atoms with Gasteiger partial charge >= 0.3 is 0 Å². The minimum atomic E-state index is 0.155. The molecule has 1 aromatic carbocycles. The van der Waals surface area contributed by atoms with Crippen molar-refractivity contribution >= 4 is 23.2 Å². The third kappa shape index (κ3) is 4.75. The fraction of sp³-hybridized carbons (Fsp3) is 0.625. The molecule has 1 aliphatic carbocycles. The molecule has 0 aromatic heterocycles. The van der Waals surface area contributed by atoms with Crippen LogP contribution in [-0.4, -0.2) is 25.9 Å². The number of methoxy groups -OCH3 is 1. The third-order valence-corrected chi connectivity index (χ3v) is 4.35. The van der Waals surface area contributed by atoms with Crippen LogP contribution in [0.4, 0.5) is 0 Å². The van der Waals surface area contributed by atoms with Crippen LogP contribution < -0.4 is 10.1 Å². The Balaban J connectivity index is 2.13. The zero-order chi connectivity index (χ0) is 15.2. The van der Waals surface area contributed by atoms with Gasteiger partial charge in [0, 0.05) is 30.7 Å². The second-order valence-corrected chi connectivity index (χ2v) is 6.26. The molecule has 0 spiro atoms. The summed E-state index contributed by atoms with van der Waals surface area (Å²) >= 11 is 12.4. The highest BCUT2D eigenvalue weighted by Crippen LogP contribution is 2.35. The average Bonchev–Trinajstić information content (AvgIpc) is 2.48. The molecule has 5 heteroatoms.